The van der Waals surface area contributed by atoms with Gasteiger partial charge in [-0.05, 0) is 70.9 Å². The van der Waals surface area contributed by atoms with Gasteiger partial charge in [-0.3, -0.25) is 24.6 Å². The van der Waals surface area contributed by atoms with Crippen molar-refractivity contribution in [1.29, 1.82) is 0 Å². The number of thioether (sulfide) groups is 1. The number of benzene rings is 3. The molecule has 0 aliphatic carbocycles. The summed E-state index contributed by atoms with van der Waals surface area (Å²) in [6, 6.07) is 15.0. The highest BCUT2D eigenvalue weighted by atomic mass is 79.9. The lowest BCUT2D eigenvalue weighted by molar-refractivity contribution is -0.384. The van der Waals surface area contributed by atoms with Gasteiger partial charge in [0.2, 0.25) is 0 Å². The first-order valence-electron chi connectivity index (χ1n) is 10.5. The molecule has 184 valence electrons. The van der Waals surface area contributed by atoms with Gasteiger partial charge in [-0.15, -0.1) is 0 Å². The van der Waals surface area contributed by atoms with Crippen LogP contribution in [0.1, 0.15) is 16.7 Å². The molecule has 0 spiro atoms. The van der Waals surface area contributed by atoms with Crippen LogP contribution in [0.25, 0.3) is 6.08 Å². The fraction of sp³-hybridized carbons (Fsp3) is 0.120. The summed E-state index contributed by atoms with van der Waals surface area (Å²) in [5.74, 6) is -0.0216. The topological polar surface area (TPSA) is 99.0 Å². The number of nitro benzene ring substituents is 1. The summed E-state index contributed by atoms with van der Waals surface area (Å²) in [4.78, 5) is 37.0. The first-order valence-corrected chi connectivity index (χ1v) is 12.1. The van der Waals surface area contributed by atoms with Crippen LogP contribution in [0.3, 0.4) is 0 Å². The van der Waals surface area contributed by atoms with E-state index in [-0.39, 0.29) is 23.7 Å². The van der Waals surface area contributed by atoms with E-state index in [4.69, 9.17) is 9.47 Å². The van der Waals surface area contributed by atoms with Gasteiger partial charge in [0, 0.05) is 16.6 Å². The highest BCUT2D eigenvalue weighted by Gasteiger charge is 2.35. The van der Waals surface area contributed by atoms with Crippen LogP contribution in [-0.4, -0.2) is 28.1 Å². The van der Waals surface area contributed by atoms with Crippen LogP contribution in [0.15, 0.2) is 70.0 Å². The number of halogens is 2. The fourth-order valence-corrected chi connectivity index (χ4v) is 4.62. The van der Waals surface area contributed by atoms with Gasteiger partial charge in [0.25, 0.3) is 16.8 Å². The second kappa shape index (κ2) is 10.9. The van der Waals surface area contributed by atoms with E-state index in [1.807, 2.05) is 0 Å². The van der Waals surface area contributed by atoms with Crippen molar-refractivity contribution < 1.29 is 28.4 Å². The molecule has 36 heavy (non-hydrogen) atoms. The molecule has 0 bridgehead atoms. The summed E-state index contributed by atoms with van der Waals surface area (Å²) in [5.41, 5.74) is 1.96. The van der Waals surface area contributed by atoms with Crippen LogP contribution < -0.4 is 9.47 Å². The summed E-state index contributed by atoms with van der Waals surface area (Å²) in [6.07, 6.45) is 1.59. The van der Waals surface area contributed by atoms with Crippen molar-refractivity contribution in [2.45, 2.75) is 13.2 Å². The molecule has 4 rings (SSSR count). The van der Waals surface area contributed by atoms with Gasteiger partial charge < -0.3 is 9.47 Å². The minimum atomic E-state index is -0.471. The van der Waals surface area contributed by atoms with Crippen LogP contribution in [0, 0.1) is 15.9 Å². The second-order valence-corrected chi connectivity index (χ2v) is 9.48. The minimum absolute atomic E-state index is 0.00879. The number of carbonyl (C=O) groups is 2. The lowest BCUT2D eigenvalue weighted by Gasteiger charge is -2.13. The summed E-state index contributed by atoms with van der Waals surface area (Å²) < 4.78 is 25.0. The monoisotopic (exact) mass is 572 g/mol. The number of ether oxygens (including phenoxy) is 2. The third-order valence-electron chi connectivity index (χ3n) is 5.24. The Morgan fingerprint density at radius 2 is 1.72 bits per heavy atom. The number of nitro groups is 1. The Bertz CT molecular complexity index is 1360. The minimum Gasteiger partial charge on any atom is -0.493 e. The van der Waals surface area contributed by atoms with Crippen LogP contribution in [0.4, 0.5) is 14.9 Å². The molecular formula is C25H18BrFN2O6S. The zero-order valence-corrected chi connectivity index (χ0v) is 21.2. The largest absolute Gasteiger partial charge is 0.493 e. The Morgan fingerprint density at radius 3 is 2.36 bits per heavy atom. The number of nitrogens with zero attached hydrogens (tertiary/aromatic N) is 2. The van der Waals surface area contributed by atoms with E-state index in [1.54, 1.807) is 30.3 Å². The van der Waals surface area contributed by atoms with E-state index >= 15 is 0 Å². The maximum Gasteiger partial charge on any atom is 0.293 e. The summed E-state index contributed by atoms with van der Waals surface area (Å²) in [5, 5.41) is 10.4. The number of rotatable bonds is 8. The smallest absolute Gasteiger partial charge is 0.293 e. The van der Waals surface area contributed by atoms with E-state index in [9.17, 15) is 24.1 Å². The third kappa shape index (κ3) is 5.74. The quantitative estimate of drug-likeness (QED) is 0.177. The van der Waals surface area contributed by atoms with E-state index in [2.05, 4.69) is 15.9 Å². The normalized spacial score (nSPS) is 14.4. The SMILES string of the molecule is COc1cc(/C=C2/SC(=O)N(Cc3ccc(F)cc3)C2=O)c(Br)cc1OCc1ccc([N+](=O)[O-])cc1. The van der Waals surface area contributed by atoms with Crippen LogP contribution in [0.2, 0.25) is 0 Å². The zero-order chi connectivity index (χ0) is 25.8. The Kier molecular flexibility index (Phi) is 7.70. The van der Waals surface area contributed by atoms with Crippen LogP contribution in [0.5, 0.6) is 11.5 Å². The van der Waals surface area contributed by atoms with Crippen molar-refractivity contribution in [2.75, 3.05) is 7.11 Å². The van der Waals surface area contributed by atoms with Gasteiger partial charge in [0.15, 0.2) is 11.5 Å². The Labute approximate surface area is 218 Å². The Balaban J connectivity index is 1.50. The molecule has 11 heteroatoms. The number of methoxy groups -OCH3 is 1. The highest BCUT2D eigenvalue weighted by molar-refractivity contribution is 9.10. The predicted octanol–water partition coefficient (Wildman–Crippen LogP) is 6.32. The highest BCUT2D eigenvalue weighted by Crippen LogP contribution is 2.38. The van der Waals surface area contributed by atoms with Gasteiger partial charge in [0.05, 0.1) is 23.5 Å². The maximum atomic E-state index is 13.2. The van der Waals surface area contributed by atoms with E-state index in [0.717, 1.165) is 22.2 Å². The van der Waals surface area contributed by atoms with E-state index in [0.29, 0.717) is 27.1 Å². The molecule has 8 nitrogen and oxygen atoms in total. The Morgan fingerprint density at radius 1 is 1.06 bits per heavy atom. The van der Waals surface area contributed by atoms with Crippen molar-refractivity contribution in [3.05, 3.63) is 103 Å². The molecule has 0 saturated carbocycles. The van der Waals surface area contributed by atoms with E-state index in [1.165, 1.54) is 43.5 Å². The van der Waals surface area contributed by atoms with Crippen LogP contribution >= 0.6 is 27.7 Å². The lowest BCUT2D eigenvalue weighted by Crippen LogP contribution is -2.27. The fourth-order valence-electron chi connectivity index (χ4n) is 3.36. The van der Waals surface area contributed by atoms with E-state index < -0.39 is 21.9 Å². The first kappa shape index (κ1) is 25.4. The molecule has 0 aromatic heterocycles. The van der Waals surface area contributed by atoms with Gasteiger partial charge in [-0.1, -0.05) is 28.1 Å². The van der Waals surface area contributed by atoms with Gasteiger partial charge in [-0.25, -0.2) is 4.39 Å². The molecule has 1 fully saturated rings. The summed E-state index contributed by atoms with van der Waals surface area (Å²) in [7, 11) is 1.47. The maximum absolute atomic E-state index is 13.2. The molecule has 0 atom stereocenters. The lowest BCUT2D eigenvalue weighted by atomic mass is 10.1. The number of carbonyl (C=O) groups excluding carboxylic acids is 2. The van der Waals surface area contributed by atoms with Crippen LogP contribution in [-0.2, 0) is 17.9 Å². The molecule has 1 heterocycles. The molecule has 2 amide bonds. The third-order valence-corrected chi connectivity index (χ3v) is 6.83. The average Bonchev–Trinajstić information content (AvgIpc) is 3.12. The number of non-ortho nitro benzene ring substituents is 1. The first-order chi connectivity index (χ1) is 17.2. The number of amides is 2. The molecule has 1 aliphatic heterocycles. The predicted molar refractivity (Wildman–Crippen MR) is 136 cm³/mol. The van der Waals surface area contributed by atoms with Gasteiger partial charge >= 0.3 is 0 Å². The number of hydrogen-bond donors (Lipinski definition) is 0. The van der Waals surface area contributed by atoms with Crippen molar-refractivity contribution in [2.24, 2.45) is 0 Å². The van der Waals surface area contributed by atoms with Crippen molar-refractivity contribution in [3.63, 3.8) is 0 Å². The number of hydrogen-bond acceptors (Lipinski definition) is 7. The Hall–Kier alpha value is -3.70. The average molecular weight is 573 g/mol. The van der Waals surface area contributed by atoms with Crippen molar-refractivity contribution >= 4 is 50.6 Å². The second-order valence-electron chi connectivity index (χ2n) is 7.63. The van der Waals surface area contributed by atoms with Crippen molar-refractivity contribution in [1.82, 2.24) is 4.90 Å². The molecule has 3 aromatic carbocycles. The van der Waals surface area contributed by atoms with Gasteiger partial charge in [0.1, 0.15) is 12.4 Å². The zero-order valence-electron chi connectivity index (χ0n) is 18.8. The molecule has 0 radical (unpaired) electrons. The summed E-state index contributed by atoms with van der Waals surface area (Å²) >= 11 is 4.29. The molecule has 0 N–H and O–H groups in total. The molecule has 1 saturated heterocycles. The molecular weight excluding hydrogens is 555 g/mol. The van der Waals surface area contributed by atoms with Gasteiger partial charge in [-0.2, -0.15) is 0 Å². The van der Waals surface area contributed by atoms with Crippen molar-refractivity contribution in [3.8, 4) is 11.5 Å². The standard InChI is InChI=1S/C25H18BrFN2O6S/c1-34-21-10-17(20(26)12-22(21)35-14-16-4-8-19(9-5-16)29(32)33)11-23-24(30)28(25(31)36-23)13-15-2-6-18(27)7-3-15/h2-12H,13-14H2,1H3/b23-11+. The summed E-state index contributed by atoms with van der Waals surface area (Å²) in [6.45, 7) is 0.199. The molecule has 0 unspecified atom stereocenters. The number of imide groups is 1. The molecule has 1 aliphatic rings. The molecule has 3 aromatic rings.